The molecule has 1 aromatic rings. The Kier molecular flexibility index (Phi) is 3.81. The Morgan fingerprint density at radius 1 is 1.50 bits per heavy atom. The lowest BCUT2D eigenvalue weighted by Crippen LogP contribution is -2.36. The first-order chi connectivity index (χ1) is 8.61. The van der Waals surface area contributed by atoms with E-state index in [0.29, 0.717) is 24.3 Å². The maximum Gasteiger partial charge on any atom is 0.237 e. The lowest BCUT2D eigenvalue weighted by atomic mass is 10.2. The summed E-state index contributed by atoms with van der Waals surface area (Å²) in [5.74, 6) is 0.424. The van der Waals surface area contributed by atoms with Gasteiger partial charge in [0.2, 0.25) is 5.91 Å². The zero-order chi connectivity index (χ0) is 13.1. The molecule has 0 N–H and O–H groups in total. The number of benzene rings is 1. The molecule has 2 rings (SSSR count). The Hall–Kier alpha value is -1.62. The second-order valence-electron chi connectivity index (χ2n) is 4.13. The van der Waals surface area contributed by atoms with Gasteiger partial charge in [-0.05, 0) is 25.1 Å². The van der Waals surface area contributed by atoms with Gasteiger partial charge in [-0.1, -0.05) is 0 Å². The van der Waals surface area contributed by atoms with E-state index in [1.54, 1.807) is 23.1 Å². The molecule has 4 nitrogen and oxygen atoms in total. The molecule has 1 heterocycles. The van der Waals surface area contributed by atoms with Crippen molar-refractivity contribution in [3.05, 3.63) is 23.8 Å². The largest absolute Gasteiger partial charge is 0.310 e. The van der Waals surface area contributed by atoms with Crippen molar-refractivity contribution in [1.29, 1.82) is 0 Å². The molecule has 0 radical (unpaired) electrons. The van der Waals surface area contributed by atoms with Gasteiger partial charge < -0.3 is 4.90 Å². The Morgan fingerprint density at radius 3 is 2.94 bits per heavy atom. The quantitative estimate of drug-likeness (QED) is 0.779. The summed E-state index contributed by atoms with van der Waals surface area (Å²) < 4.78 is 0. The highest BCUT2D eigenvalue weighted by atomic mass is 32.2. The minimum absolute atomic E-state index is 0.00704. The molecule has 0 saturated carbocycles. The predicted octanol–water partition coefficient (Wildman–Crippen LogP) is 1.92. The molecule has 18 heavy (non-hydrogen) atoms. The maximum absolute atomic E-state index is 11.8. The summed E-state index contributed by atoms with van der Waals surface area (Å²) in [6, 6.07) is 5.23. The van der Waals surface area contributed by atoms with Crippen LogP contribution >= 0.6 is 11.8 Å². The number of carbonyl (C=O) groups excluding carboxylic acids is 3. The number of nitrogens with zero attached hydrogens (tertiary/aromatic N) is 1. The third kappa shape index (κ3) is 2.61. The van der Waals surface area contributed by atoms with Crippen molar-refractivity contribution in [2.45, 2.75) is 18.2 Å². The van der Waals surface area contributed by atoms with E-state index in [2.05, 4.69) is 0 Å². The molecule has 0 atom stereocenters. The zero-order valence-corrected chi connectivity index (χ0v) is 10.8. The fourth-order valence-corrected chi connectivity index (χ4v) is 2.79. The molecule has 0 saturated heterocycles. The van der Waals surface area contributed by atoms with E-state index in [-0.39, 0.29) is 11.7 Å². The number of ketones is 1. The van der Waals surface area contributed by atoms with Crippen molar-refractivity contribution in [3.8, 4) is 0 Å². The zero-order valence-electron chi connectivity index (χ0n) is 10.0. The van der Waals surface area contributed by atoms with E-state index in [1.807, 2.05) is 0 Å². The van der Waals surface area contributed by atoms with Gasteiger partial charge in [0, 0.05) is 23.4 Å². The molecule has 1 aliphatic rings. The molecule has 0 aliphatic carbocycles. The van der Waals surface area contributed by atoms with E-state index in [1.165, 1.54) is 18.7 Å². The number of anilines is 1. The summed E-state index contributed by atoms with van der Waals surface area (Å²) in [5.41, 5.74) is 1.39. The van der Waals surface area contributed by atoms with Crippen molar-refractivity contribution in [3.63, 3.8) is 0 Å². The van der Waals surface area contributed by atoms with Crippen LogP contribution in [0, 0.1) is 0 Å². The topological polar surface area (TPSA) is 54.5 Å². The van der Waals surface area contributed by atoms with E-state index in [4.69, 9.17) is 0 Å². The number of carbonyl (C=O) groups is 3. The number of Topliss-reactive ketones (excluding diaryl/α,β-unsaturated/α-hetero) is 1. The Balaban J connectivity index is 2.29. The van der Waals surface area contributed by atoms with Crippen LogP contribution in [0.3, 0.4) is 0 Å². The molecule has 0 bridgehead atoms. The van der Waals surface area contributed by atoms with Gasteiger partial charge >= 0.3 is 0 Å². The molecule has 0 unspecified atom stereocenters. The van der Waals surface area contributed by atoms with Crippen molar-refractivity contribution in [2.24, 2.45) is 0 Å². The van der Waals surface area contributed by atoms with Crippen molar-refractivity contribution >= 4 is 35.4 Å². The van der Waals surface area contributed by atoms with Crippen molar-refractivity contribution in [1.82, 2.24) is 0 Å². The third-order valence-electron chi connectivity index (χ3n) is 2.75. The highest BCUT2D eigenvalue weighted by molar-refractivity contribution is 8.00. The molecule has 94 valence electrons. The first-order valence-corrected chi connectivity index (χ1v) is 6.62. The van der Waals surface area contributed by atoms with Gasteiger partial charge in [-0.3, -0.25) is 14.4 Å². The summed E-state index contributed by atoms with van der Waals surface area (Å²) in [6.45, 7) is 1.92. The molecular formula is C13H13NO3S. The summed E-state index contributed by atoms with van der Waals surface area (Å²) in [5, 5.41) is 0. The van der Waals surface area contributed by atoms with E-state index < -0.39 is 0 Å². The average molecular weight is 263 g/mol. The van der Waals surface area contributed by atoms with Crippen LogP contribution in [0.1, 0.15) is 23.7 Å². The van der Waals surface area contributed by atoms with Gasteiger partial charge in [0.25, 0.3) is 0 Å². The maximum atomic E-state index is 11.8. The second-order valence-corrected chi connectivity index (χ2v) is 5.15. The summed E-state index contributed by atoms with van der Waals surface area (Å²) in [4.78, 5) is 36.1. The molecule has 0 fully saturated rings. The van der Waals surface area contributed by atoms with Gasteiger partial charge in [-0.2, -0.15) is 0 Å². The fourth-order valence-electron chi connectivity index (χ4n) is 1.81. The van der Waals surface area contributed by atoms with Crippen LogP contribution in [0.25, 0.3) is 0 Å². The van der Waals surface area contributed by atoms with E-state index in [0.717, 1.165) is 16.9 Å². The Labute approximate surface area is 109 Å². The summed E-state index contributed by atoms with van der Waals surface area (Å²) >= 11 is 1.43. The van der Waals surface area contributed by atoms with Crippen LogP contribution in [0.5, 0.6) is 0 Å². The highest BCUT2D eigenvalue weighted by Crippen LogP contribution is 2.35. The highest BCUT2D eigenvalue weighted by Gasteiger charge is 2.24. The van der Waals surface area contributed by atoms with Gasteiger partial charge in [0.15, 0.2) is 0 Å². The van der Waals surface area contributed by atoms with Gasteiger partial charge in [-0.15, -0.1) is 11.8 Å². The Morgan fingerprint density at radius 2 is 2.28 bits per heavy atom. The lowest BCUT2D eigenvalue weighted by Gasteiger charge is -2.28. The van der Waals surface area contributed by atoms with Crippen LogP contribution < -0.4 is 4.90 Å². The predicted molar refractivity (Wildman–Crippen MR) is 70.2 cm³/mol. The van der Waals surface area contributed by atoms with Crippen LogP contribution in [0.4, 0.5) is 5.69 Å². The molecule has 1 amide bonds. The number of aldehydes is 1. The van der Waals surface area contributed by atoms with Crippen LogP contribution in [0.15, 0.2) is 23.1 Å². The smallest absolute Gasteiger partial charge is 0.237 e. The Bertz CT molecular complexity index is 513. The number of hydrogen-bond acceptors (Lipinski definition) is 4. The molecule has 5 heteroatoms. The number of thioether (sulfide) groups is 1. The minimum atomic E-state index is 0.00704. The number of rotatable bonds is 4. The number of fused-ring (bicyclic) bond motifs is 1. The standard InChI is InChI=1S/C13H13NO3S/c1-9(16)4-5-14-11-3-2-10(7-15)6-12(11)18-8-13(14)17/h2-3,6-7H,4-5,8H2,1H3. The van der Waals surface area contributed by atoms with Crippen LogP contribution in [0.2, 0.25) is 0 Å². The molecular weight excluding hydrogens is 250 g/mol. The fraction of sp³-hybridized carbons (Fsp3) is 0.308. The van der Waals surface area contributed by atoms with Crippen molar-refractivity contribution < 1.29 is 14.4 Å². The SMILES string of the molecule is CC(=O)CCN1C(=O)CSc2cc(C=O)ccc21. The third-order valence-corrected chi connectivity index (χ3v) is 3.78. The monoisotopic (exact) mass is 263 g/mol. The van der Waals surface area contributed by atoms with E-state index >= 15 is 0 Å². The minimum Gasteiger partial charge on any atom is -0.310 e. The average Bonchev–Trinajstić information content (AvgIpc) is 2.36. The van der Waals surface area contributed by atoms with Crippen molar-refractivity contribution in [2.75, 3.05) is 17.2 Å². The van der Waals surface area contributed by atoms with Gasteiger partial charge in [-0.25, -0.2) is 0 Å². The number of amides is 1. The first kappa shape index (κ1) is 12.8. The summed E-state index contributed by atoms with van der Waals surface area (Å²) in [7, 11) is 0. The molecule has 0 spiro atoms. The van der Waals surface area contributed by atoms with Crippen LogP contribution in [-0.4, -0.2) is 30.3 Å². The second kappa shape index (κ2) is 5.35. The number of hydrogen-bond donors (Lipinski definition) is 0. The van der Waals surface area contributed by atoms with E-state index in [9.17, 15) is 14.4 Å². The molecule has 0 aromatic heterocycles. The molecule has 1 aromatic carbocycles. The summed E-state index contributed by atoms with van der Waals surface area (Å²) in [6.07, 6.45) is 1.14. The van der Waals surface area contributed by atoms with Crippen LogP contribution in [-0.2, 0) is 9.59 Å². The van der Waals surface area contributed by atoms with Gasteiger partial charge in [0.1, 0.15) is 12.1 Å². The first-order valence-electron chi connectivity index (χ1n) is 5.63. The molecule has 1 aliphatic heterocycles. The lowest BCUT2D eigenvalue weighted by molar-refractivity contribution is -0.117. The van der Waals surface area contributed by atoms with Gasteiger partial charge in [0.05, 0.1) is 11.4 Å². The normalized spacial score (nSPS) is 14.3.